The fraction of sp³-hybridized carbons (Fsp3) is 0.533. The molecule has 0 bridgehead atoms. The molecule has 8 nitrogen and oxygen atoms in total. The van der Waals surface area contributed by atoms with E-state index in [-0.39, 0.29) is 46.0 Å². The third kappa shape index (κ3) is 7.47. The van der Waals surface area contributed by atoms with E-state index in [9.17, 15) is 19.2 Å². The Hall–Kier alpha value is -3.60. The van der Waals surface area contributed by atoms with E-state index in [0.717, 1.165) is 25.3 Å². The molecule has 0 saturated carbocycles. The SMILES string of the molecule is CCCCC#CCCCC1=C(OC)C(=O)C(CCCCCC2=C(OC)C(=O)C=C(OC)C2=O)=C(OC)C1=O. The van der Waals surface area contributed by atoms with Crippen molar-refractivity contribution in [2.24, 2.45) is 0 Å². The maximum Gasteiger partial charge on any atom is 0.227 e. The van der Waals surface area contributed by atoms with Crippen molar-refractivity contribution >= 4 is 23.1 Å². The van der Waals surface area contributed by atoms with E-state index in [4.69, 9.17) is 18.9 Å². The standard InChI is InChI=1S/C30H38O8/c1-6-7-8-9-10-11-13-17-21-26(33)30(38-5)22(27(34)29(21)37-4)18-15-12-14-16-20-25(32)24(35-2)19-23(31)28(20)36-3/h19H,6-8,11-18H2,1-5H3. The minimum atomic E-state index is -0.404. The van der Waals surface area contributed by atoms with Gasteiger partial charge in [0.25, 0.3) is 0 Å². The highest BCUT2D eigenvalue weighted by Crippen LogP contribution is 2.32. The molecule has 0 radical (unpaired) electrons. The zero-order valence-electron chi connectivity index (χ0n) is 23.1. The van der Waals surface area contributed by atoms with Gasteiger partial charge in [0.1, 0.15) is 0 Å². The van der Waals surface area contributed by atoms with Crippen molar-refractivity contribution in [3.8, 4) is 11.8 Å². The molecule has 0 spiro atoms. The lowest BCUT2D eigenvalue weighted by molar-refractivity contribution is -0.121. The number of carbonyl (C=O) groups is 4. The third-order valence-electron chi connectivity index (χ3n) is 6.46. The number of allylic oxidation sites excluding steroid dienone is 4. The summed E-state index contributed by atoms with van der Waals surface area (Å²) in [5, 5.41) is 0. The predicted octanol–water partition coefficient (Wildman–Crippen LogP) is 4.84. The van der Waals surface area contributed by atoms with Crippen molar-refractivity contribution < 1.29 is 38.1 Å². The maximum absolute atomic E-state index is 13.2. The van der Waals surface area contributed by atoms with Crippen LogP contribution in [0, 0.1) is 11.8 Å². The van der Waals surface area contributed by atoms with E-state index in [1.165, 1.54) is 28.4 Å². The van der Waals surface area contributed by atoms with Crippen molar-refractivity contribution in [1.29, 1.82) is 0 Å². The molecule has 2 aliphatic rings. The molecular formula is C30H38O8. The smallest absolute Gasteiger partial charge is 0.227 e. The van der Waals surface area contributed by atoms with Crippen LogP contribution in [0.4, 0.5) is 0 Å². The van der Waals surface area contributed by atoms with Gasteiger partial charge in [0.2, 0.25) is 23.1 Å². The third-order valence-corrected chi connectivity index (χ3v) is 6.46. The van der Waals surface area contributed by atoms with Crippen LogP contribution >= 0.6 is 0 Å². The first kappa shape index (κ1) is 30.6. The molecule has 0 unspecified atom stereocenters. The van der Waals surface area contributed by atoms with Gasteiger partial charge in [-0.3, -0.25) is 19.2 Å². The molecule has 206 valence electrons. The van der Waals surface area contributed by atoms with E-state index in [1.54, 1.807) is 0 Å². The summed E-state index contributed by atoms with van der Waals surface area (Å²) >= 11 is 0. The fourth-order valence-corrected chi connectivity index (χ4v) is 4.47. The van der Waals surface area contributed by atoms with E-state index in [2.05, 4.69) is 18.8 Å². The van der Waals surface area contributed by atoms with Crippen LogP contribution in [0.1, 0.15) is 77.6 Å². The molecule has 0 aromatic heterocycles. The predicted molar refractivity (Wildman–Crippen MR) is 141 cm³/mol. The number of hydrogen-bond donors (Lipinski definition) is 0. The topological polar surface area (TPSA) is 105 Å². The highest BCUT2D eigenvalue weighted by Gasteiger charge is 2.36. The summed E-state index contributed by atoms with van der Waals surface area (Å²) in [5.41, 5.74) is 0.902. The highest BCUT2D eigenvalue weighted by atomic mass is 16.5. The maximum atomic E-state index is 13.2. The van der Waals surface area contributed by atoms with Crippen LogP contribution in [-0.2, 0) is 38.1 Å². The summed E-state index contributed by atoms with van der Waals surface area (Å²) in [4.78, 5) is 51.1. The second kappa shape index (κ2) is 15.6. The molecule has 0 fully saturated rings. The van der Waals surface area contributed by atoms with Crippen LogP contribution in [-0.4, -0.2) is 51.6 Å². The Morgan fingerprint density at radius 3 is 1.53 bits per heavy atom. The number of unbranched alkanes of at least 4 members (excludes halogenated alkanes) is 5. The first-order chi connectivity index (χ1) is 18.4. The van der Waals surface area contributed by atoms with Gasteiger partial charge in [-0.25, -0.2) is 0 Å². The first-order valence-corrected chi connectivity index (χ1v) is 13.1. The van der Waals surface area contributed by atoms with Gasteiger partial charge in [0.05, 0.1) is 28.4 Å². The minimum absolute atomic E-state index is 0.00905. The molecule has 0 aromatic carbocycles. The number of Topliss-reactive ketones (excluding diaryl/α,β-unsaturated/α-hetero) is 3. The van der Waals surface area contributed by atoms with Crippen LogP contribution < -0.4 is 0 Å². The van der Waals surface area contributed by atoms with Crippen LogP contribution in [0.25, 0.3) is 0 Å². The Balaban J connectivity index is 2.00. The van der Waals surface area contributed by atoms with Crippen molar-refractivity contribution in [3.63, 3.8) is 0 Å². The summed E-state index contributed by atoms with van der Waals surface area (Å²) in [6.07, 6.45) is 8.28. The minimum Gasteiger partial charge on any atom is -0.493 e. The molecule has 2 rings (SSSR count). The van der Waals surface area contributed by atoms with Gasteiger partial charge in [0.15, 0.2) is 23.0 Å². The normalized spacial score (nSPS) is 16.0. The van der Waals surface area contributed by atoms with E-state index in [1.807, 2.05) is 0 Å². The van der Waals surface area contributed by atoms with Gasteiger partial charge >= 0.3 is 0 Å². The number of ether oxygens (including phenoxy) is 4. The molecule has 0 saturated heterocycles. The molecular weight excluding hydrogens is 488 g/mol. The molecule has 0 amide bonds. The molecule has 0 N–H and O–H groups in total. The van der Waals surface area contributed by atoms with Crippen LogP contribution in [0.3, 0.4) is 0 Å². The fourth-order valence-electron chi connectivity index (χ4n) is 4.47. The van der Waals surface area contributed by atoms with Gasteiger partial charge in [-0.15, -0.1) is 11.8 Å². The zero-order chi connectivity index (χ0) is 28.1. The number of hydrogen-bond acceptors (Lipinski definition) is 8. The lowest BCUT2D eigenvalue weighted by atomic mass is 9.87. The molecule has 0 aromatic rings. The van der Waals surface area contributed by atoms with Crippen molar-refractivity contribution in [2.75, 3.05) is 28.4 Å². The summed E-state index contributed by atoms with van der Waals surface area (Å²) < 4.78 is 20.9. The zero-order valence-corrected chi connectivity index (χ0v) is 23.1. The summed E-state index contributed by atoms with van der Waals surface area (Å²) in [7, 11) is 5.48. The van der Waals surface area contributed by atoms with Crippen LogP contribution in [0.15, 0.2) is 45.8 Å². The number of rotatable bonds is 15. The second-order valence-corrected chi connectivity index (χ2v) is 8.97. The van der Waals surface area contributed by atoms with Crippen LogP contribution in [0.5, 0.6) is 0 Å². The Kier molecular flexibility index (Phi) is 12.6. The Morgan fingerprint density at radius 2 is 1.05 bits per heavy atom. The number of ketones is 4. The highest BCUT2D eigenvalue weighted by molar-refractivity contribution is 6.23. The lowest BCUT2D eigenvalue weighted by Gasteiger charge is -2.22. The van der Waals surface area contributed by atoms with E-state index < -0.39 is 5.78 Å². The van der Waals surface area contributed by atoms with Gasteiger partial charge in [-0.05, 0) is 44.9 Å². The van der Waals surface area contributed by atoms with Gasteiger partial charge in [0, 0.05) is 35.6 Å². The van der Waals surface area contributed by atoms with Crippen molar-refractivity contribution in [3.05, 3.63) is 45.8 Å². The largest absolute Gasteiger partial charge is 0.493 e. The first-order valence-electron chi connectivity index (χ1n) is 13.1. The monoisotopic (exact) mass is 526 g/mol. The van der Waals surface area contributed by atoms with E-state index in [0.29, 0.717) is 62.5 Å². The van der Waals surface area contributed by atoms with Gasteiger partial charge in [-0.2, -0.15) is 0 Å². The Morgan fingerprint density at radius 1 is 0.579 bits per heavy atom. The van der Waals surface area contributed by atoms with Crippen molar-refractivity contribution in [2.45, 2.75) is 77.6 Å². The quantitative estimate of drug-likeness (QED) is 0.170. The average Bonchev–Trinajstić information content (AvgIpc) is 2.91. The summed E-state index contributed by atoms with van der Waals surface area (Å²) in [6, 6.07) is 0. The van der Waals surface area contributed by atoms with Gasteiger partial charge < -0.3 is 18.9 Å². The molecule has 38 heavy (non-hydrogen) atoms. The molecule has 0 atom stereocenters. The van der Waals surface area contributed by atoms with Crippen LogP contribution in [0.2, 0.25) is 0 Å². The Bertz CT molecular complexity index is 1120. The molecule has 2 aliphatic carbocycles. The molecule has 0 heterocycles. The number of methoxy groups -OCH3 is 4. The molecule has 0 aliphatic heterocycles. The van der Waals surface area contributed by atoms with Crippen molar-refractivity contribution in [1.82, 2.24) is 0 Å². The van der Waals surface area contributed by atoms with Gasteiger partial charge in [-0.1, -0.05) is 19.8 Å². The average molecular weight is 527 g/mol. The summed E-state index contributed by atoms with van der Waals surface area (Å²) in [6.45, 7) is 2.12. The number of carbonyl (C=O) groups excluding carboxylic acids is 4. The molecule has 8 heteroatoms. The summed E-state index contributed by atoms with van der Waals surface area (Å²) in [5.74, 6) is 4.98. The Labute approximate surface area is 225 Å². The lowest BCUT2D eigenvalue weighted by Crippen LogP contribution is -2.26. The van der Waals surface area contributed by atoms with E-state index >= 15 is 0 Å². The second-order valence-electron chi connectivity index (χ2n) is 8.97.